The normalized spacial score (nSPS) is 22.8. The molecule has 0 aromatic heterocycles. The zero-order valence-corrected chi connectivity index (χ0v) is 10.7. The molecule has 0 saturated carbocycles. The van der Waals surface area contributed by atoms with Gasteiger partial charge in [0.1, 0.15) is 6.04 Å². The Morgan fingerprint density at radius 3 is 3.12 bits per heavy atom. The van der Waals surface area contributed by atoms with E-state index < -0.39 is 0 Å². The lowest BCUT2D eigenvalue weighted by atomic mass is 10.1. The van der Waals surface area contributed by atoms with Crippen molar-refractivity contribution in [2.75, 3.05) is 26.2 Å². The van der Waals surface area contributed by atoms with E-state index in [0.29, 0.717) is 6.54 Å². The molecule has 0 bridgehead atoms. The number of unbranched alkanes of at least 4 members (excludes halogenated alkanes) is 1. The molecule has 1 fully saturated rings. The Balaban J connectivity index is 2.46. The quantitative estimate of drug-likeness (QED) is 0.666. The minimum atomic E-state index is -0.224. The molecule has 0 aromatic rings. The SMILES string of the molecule is CCCCNC(=O)C(C)N1CCNCC1C#N. The van der Waals surface area contributed by atoms with Crippen LogP contribution in [0.2, 0.25) is 0 Å². The summed E-state index contributed by atoms with van der Waals surface area (Å²) in [5, 5.41) is 15.1. The largest absolute Gasteiger partial charge is 0.355 e. The van der Waals surface area contributed by atoms with Gasteiger partial charge in [-0.3, -0.25) is 9.69 Å². The van der Waals surface area contributed by atoms with Crippen LogP contribution in [0.5, 0.6) is 0 Å². The summed E-state index contributed by atoms with van der Waals surface area (Å²) in [4.78, 5) is 13.9. The van der Waals surface area contributed by atoms with Crippen LogP contribution in [-0.2, 0) is 4.79 Å². The Morgan fingerprint density at radius 2 is 2.47 bits per heavy atom. The van der Waals surface area contributed by atoms with E-state index in [1.807, 2.05) is 11.8 Å². The van der Waals surface area contributed by atoms with Crippen LogP contribution >= 0.6 is 0 Å². The zero-order valence-electron chi connectivity index (χ0n) is 10.7. The number of nitriles is 1. The second-order valence-electron chi connectivity index (χ2n) is 4.41. The fourth-order valence-electron chi connectivity index (χ4n) is 1.99. The summed E-state index contributed by atoms with van der Waals surface area (Å²) in [5.74, 6) is 0.0283. The van der Waals surface area contributed by atoms with Gasteiger partial charge in [-0.1, -0.05) is 13.3 Å². The molecule has 17 heavy (non-hydrogen) atoms. The smallest absolute Gasteiger partial charge is 0.237 e. The van der Waals surface area contributed by atoms with Crippen molar-refractivity contribution in [2.45, 2.75) is 38.8 Å². The Morgan fingerprint density at radius 1 is 1.71 bits per heavy atom. The summed E-state index contributed by atoms with van der Waals surface area (Å²) in [5.41, 5.74) is 0. The van der Waals surface area contributed by atoms with E-state index in [1.54, 1.807) is 0 Å². The molecule has 0 spiro atoms. The highest BCUT2D eigenvalue weighted by molar-refractivity contribution is 5.81. The summed E-state index contributed by atoms with van der Waals surface area (Å²) in [7, 11) is 0. The molecule has 1 aliphatic rings. The maximum Gasteiger partial charge on any atom is 0.237 e. The first kappa shape index (κ1) is 13.9. The second-order valence-corrected chi connectivity index (χ2v) is 4.41. The van der Waals surface area contributed by atoms with Crippen molar-refractivity contribution in [2.24, 2.45) is 0 Å². The first-order chi connectivity index (χ1) is 8.20. The third-order valence-electron chi connectivity index (χ3n) is 3.14. The highest BCUT2D eigenvalue weighted by Gasteiger charge is 2.29. The molecule has 1 amide bonds. The number of rotatable bonds is 5. The van der Waals surface area contributed by atoms with Gasteiger partial charge in [0.25, 0.3) is 0 Å². The molecule has 2 unspecified atom stereocenters. The van der Waals surface area contributed by atoms with Gasteiger partial charge in [0, 0.05) is 26.2 Å². The Labute approximate surface area is 103 Å². The maximum absolute atomic E-state index is 11.9. The summed E-state index contributed by atoms with van der Waals surface area (Å²) in [6, 6.07) is 1.82. The van der Waals surface area contributed by atoms with Gasteiger partial charge in [0.2, 0.25) is 5.91 Å². The minimum absolute atomic E-state index is 0.0283. The molecule has 5 nitrogen and oxygen atoms in total. The summed E-state index contributed by atoms with van der Waals surface area (Å²) < 4.78 is 0. The Bertz CT molecular complexity index is 287. The fourth-order valence-corrected chi connectivity index (χ4v) is 1.99. The molecule has 0 radical (unpaired) electrons. The highest BCUT2D eigenvalue weighted by atomic mass is 16.2. The number of hydrogen-bond acceptors (Lipinski definition) is 4. The topological polar surface area (TPSA) is 68.2 Å². The van der Waals surface area contributed by atoms with Gasteiger partial charge in [-0.25, -0.2) is 0 Å². The zero-order chi connectivity index (χ0) is 12.7. The Kier molecular flexibility index (Phi) is 5.95. The molecule has 2 atom stereocenters. The van der Waals surface area contributed by atoms with Crippen LogP contribution in [0, 0.1) is 11.3 Å². The molecule has 2 N–H and O–H groups in total. The molecule has 0 aliphatic carbocycles. The average Bonchev–Trinajstić information content (AvgIpc) is 2.38. The van der Waals surface area contributed by atoms with Crippen molar-refractivity contribution >= 4 is 5.91 Å². The first-order valence-corrected chi connectivity index (χ1v) is 6.34. The van der Waals surface area contributed by atoms with Crippen LogP contribution in [0.3, 0.4) is 0 Å². The molecule has 1 aliphatic heterocycles. The van der Waals surface area contributed by atoms with Crippen molar-refractivity contribution < 1.29 is 4.79 Å². The molecule has 5 heteroatoms. The third-order valence-corrected chi connectivity index (χ3v) is 3.14. The minimum Gasteiger partial charge on any atom is -0.355 e. The van der Waals surface area contributed by atoms with Gasteiger partial charge in [-0.15, -0.1) is 0 Å². The van der Waals surface area contributed by atoms with Gasteiger partial charge in [0.15, 0.2) is 0 Å². The summed E-state index contributed by atoms with van der Waals surface area (Å²) >= 11 is 0. The number of nitrogens with zero attached hydrogens (tertiary/aromatic N) is 2. The number of hydrogen-bond donors (Lipinski definition) is 2. The highest BCUT2D eigenvalue weighted by Crippen LogP contribution is 2.08. The van der Waals surface area contributed by atoms with Crippen molar-refractivity contribution in [1.82, 2.24) is 15.5 Å². The molecule has 1 heterocycles. The van der Waals surface area contributed by atoms with Gasteiger partial charge in [-0.2, -0.15) is 5.26 Å². The summed E-state index contributed by atoms with van der Waals surface area (Å²) in [6.45, 7) is 6.92. The number of carbonyl (C=O) groups is 1. The molecular weight excluding hydrogens is 216 g/mol. The van der Waals surface area contributed by atoms with Gasteiger partial charge < -0.3 is 10.6 Å². The van der Waals surface area contributed by atoms with Crippen LogP contribution in [-0.4, -0.2) is 49.1 Å². The van der Waals surface area contributed by atoms with Crippen molar-refractivity contribution in [1.29, 1.82) is 5.26 Å². The molecule has 0 aromatic carbocycles. The summed E-state index contributed by atoms with van der Waals surface area (Å²) in [6.07, 6.45) is 2.07. The van der Waals surface area contributed by atoms with E-state index in [-0.39, 0.29) is 18.0 Å². The van der Waals surface area contributed by atoms with E-state index in [2.05, 4.69) is 23.6 Å². The van der Waals surface area contributed by atoms with E-state index in [4.69, 9.17) is 5.26 Å². The van der Waals surface area contributed by atoms with Crippen LogP contribution < -0.4 is 10.6 Å². The lowest BCUT2D eigenvalue weighted by molar-refractivity contribution is -0.126. The molecule has 1 rings (SSSR count). The van der Waals surface area contributed by atoms with Crippen LogP contribution in [0.25, 0.3) is 0 Å². The van der Waals surface area contributed by atoms with E-state index >= 15 is 0 Å². The van der Waals surface area contributed by atoms with Gasteiger partial charge >= 0.3 is 0 Å². The van der Waals surface area contributed by atoms with Crippen LogP contribution in [0.4, 0.5) is 0 Å². The van der Waals surface area contributed by atoms with E-state index in [9.17, 15) is 4.79 Å². The lowest BCUT2D eigenvalue weighted by Gasteiger charge is -2.35. The van der Waals surface area contributed by atoms with E-state index in [0.717, 1.165) is 32.5 Å². The standard InChI is InChI=1S/C12H22N4O/c1-3-4-5-15-12(17)10(2)16-7-6-14-9-11(16)8-13/h10-11,14H,3-7,9H2,1-2H3,(H,15,17). The van der Waals surface area contributed by atoms with Crippen LogP contribution in [0.1, 0.15) is 26.7 Å². The van der Waals surface area contributed by atoms with Crippen LogP contribution in [0.15, 0.2) is 0 Å². The maximum atomic E-state index is 11.9. The molecular formula is C12H22N4O. The molecule has 96 valence electrons. The second kappa shape index (κ2) is 7.25. The van der Waals surface area contributed by atoms with Crippen molar-refractivity contribution in [3.63, 3.8) is 0 Å². The number of piperazine rings is 1. The fraction of sp³-hybridized carbons (Fsp3) is 0.833. The average molecular weight is 238 g/mol. The van der Waals surface area contributed by atoms with Crippen molar-refractivity contribution in [3.8, 4) is 6.07 Å². The third kappa shape index (κ3) is 3.99. The van der Waals surface area contributed by atoms with Gasteiger partial charge in [-0.05, 0) is 13.3 Å². The predicted octanol–water partition coefficient (Wildman–Crippen LogP) is 0.0886. The number of carbonyl (C=O) groups excluding carboxylic acids is 1. The van der Waals surface area contributed by atoms with E-state index in [1.165, 1.54) is 0 Å². The monoisotopic (exact) mass is 238 g/mol. The van der Waals surface area contributed by atoms with Crippen molar-refractivity contribution in [3.05, 3.63) is 0 Å². The Hall–Kier alpha value is -1.12. The number of nitrogens with one attached hydrogen (secondary N) is 2. The molecule has 1 saturated heterocycles. The first-order valence-electron chi connectivity index (χ1n) is 6.34. The van der Waals surface area contributed by atoms with Gasteiger partial charge in [0.05, 0.1) is 12.1 Å². The lowest BCUT2D eigenvalue weighted by Crippen LogP contribution is -2.57. The predicted molar refractivity (Wildman–Crippen MR) is 66.4 cm³/mol. The number of amides is 1.